The molecule has 6 unspecified atom stereocenters. The van der Waals surface area contributed by atoms with Gasteiger partial charge in [0.25, 0.3) is 0 Å². The SMILES string of the molecule is C=CC1CC1(CC(=O)C1C(C(=O)C(CC(=O)CC2CCCC2)C(C)(C)C)CC(Oc2cc(C3=CCC(CC(=O)C(C)C)=C3)cc3c(C)c(OC)ccc23)C1(C)C)C(C)=O. The number of aryl methyl sites for hydroxylation is 1. The zero-order valence-corrected chi connectivity index (χ0v) is 37.4. The Bertz CT molecular complexity index is 2080. The molecule has 318 valence electrons. The Balaban J connectivity index is 1.39. The Labute approximate surface area is 352 Å². The lowest BCUT2D eigenvalue weighted by atomic mass is 9.66. The maximum absolute atomic E-state index is 15.2. The van der Waals surface area contributed by atoms with E-state index >= 15 is 4.79 Å². The molecule has 4 aliphatic rings. The summed E-state index contributed by atoms with van der Waals surface area (Å²) >= 11 is 0. The maximum atomic E-state index is 15.2. The smallest absolute Gasteiger partial charge is 0.140 e. The van der Waals surface area contributed by atoms with Gasteiger partial charge in [-0.1, -0.05) is 98.0 Å². The van der Waals surface area contributed by atoms with E-state index in [0.29, 0.717) is 43.8 Å². The second-order valence-corrected chi connectivity index (χ2v) is 20.5. The van der Waals surface area contributed by atoms with E-state index in [1.54, 1.807) is 20.1 Å². The van der Waals surface area contributed by atoms with Gasteiger partial charge >= 0.3 is 0 Å². The molecule has 0 aliphatic heterocycles. The largest absolute Gasteiger partial charge is 0.496 e. The van der Waals surface area contributed by atoms with Gasteiger partial charge in [-0.15, -0.1) is 6.58 Å². The van der Waals surface area contributed by atoms with E-state index in [2.05, 4.69) is 30.9 Å². The van der Waals surface area contributed by atoms with Gasteiger partial charge in [0.1, 0.15) is 46.5 Å². The number of hydrogen-bond donors (Lipinski definition) is 0. The van der Waals surface area contributed by atoms with Crippen molar-refractivity contribution in [3.05, 3.63) is 65.8 Å². The van der Waals surface area contributed by atoms with Gasteiger partial charge in [-0.25, -0.2) is 0 Å². The van der Waals surface area contributed by atoms with Crippen molar-refractivity contribution in [2.45, 2.75) is 139 Å². The van der Waals surface area contributed by atoms with Crippen LogP contribution in [-0.4, -0.2) is 42.1 Å². The first-order valence-corrected chi connectivity index (χ1v) is 22.1. The van der Waals surface area contributed by atoms with E-state index < -0.39 is 40.1 Å². The average Bonchev–Trinajstić information content (AvgIpc) is 3.47. The molecule has 0 bridgehead atoms. The van der Waals surface area contributed by atoms with Crippen molar-refractivity contribution in [3.8, 4) is 11.5 Å². The minimum atomic E-state index is -0.801. The van der Waals surface area contributed by atoms with Crippen molar-refractivity contribution in [2.75, 3.05) is 7.11 Å². The van der Waals surface area contributed by atoms with Gasteiger partial charge in [-0.05, 0) is 96.7 Å². The lowest BCUT2D eigenvalue weighted by molar-refractivity contribution is -0.141. The molecule has 2 aromatic carbocycles. The Morgan fingerprint density at radius 2 is 1.69 bits per heavy atom. The van der Waals surface area contributed by atoms with Gasteiger partial charge in [0.05, 0.1) is 7.11 Å². The monoisotopic (exact) mass is 804 g/mol. The fourth-order valence-electron chi connectivity index (χ4n) is 10.7. The molecule has 3 fully saturated rings. The third kappa shape index (κ3) is 9.00. The predicted octanol–water partition coefficient (Wildman–Crippen LogP) is 11.4. The number of rotatable bonds is 18. The molecule has 7 nitrogen and oxygen atoms in total. The highest BCUT2D eigenvalue weighted by molar-refractivity contribution is 5.99. The first-order chi connectivity index (χ1) is 27.7. The molecule has 0 heterocycles. The standard InChI is InChI=1S/C52H68O7/c1-12-37-28-52(37,32(5)53)29-44(56)48-41(49(57)42(50(6,7)8)26-38(54)22-33-15-13-14-16-33)27-47(51(48,9)10)59-46-25-36(24-40-31(4)45(58-11)20-19-39(40)46)35-18-17-34(21-35)23-43(55)30(2)3/h12,18-21,24-25,30,33,37,41-42,47-48H,1,13-17,22-23,26-29H2,2-11H3. The normalized spacial score (nSPS) is 25.7. The van der Waals surface area contributed by atoms with Crippen molar-refractivity contribution in [2.24, 2.45) is 51.8 Å². The number of ether oxygens (including phenoxy) is 2. The van der Waals surface area contributed by atoms with E-state index in [9.17, 15) is 19.2 Å². The minimum Gasteiger partial charge on any atom is -0.496 e. The topological polar surface area (TPSA) is 104 Å². The van der Waals surface area contributed by atoms with Crippen LogP contribution in [0, 0.1) is 58.7 Å². The fraction of sp³-hybridized carbons (Fsp3) is 0.596. The molecule has 2 aromatic rings. The van der Waals surface area contributed by atoms with Crippen molar-refractivity contribution in [1.29, 1.82) is 0 Å². The molecule has 7 heteroatoms. The Morgan fingerprint density at radius 1 is 1.00 bits per heavy atom. The van der Waals surface area contributed by atoms with E-state index in [4.69, 9.17) is 9.47 Å². The summed E-state index contributed by atoms with van der Waals surface area (Å²) < 4.78 is 12.9. The van der Waals surface area contributed by atoms with E-state index in [-0.39, 0.29) is 53.6 Å². The highest BCUT2D eigenvalue weighted by Gasteiger charge is 2.62. The van der Waals surface area contributed by atoms with Gasteiger partial charge in [0, 0.05) is 65.6 Å². The van der Waals surface area contributed by atoms with Crippen LogP contribution in [0.1, 0.15) is 137 Å². The number of methoxy groups -OCH3 is 1. The summed E-state index contributed by atoms with van der Waals surface area (Å²) in [4.78, 5) is 69.6. The molecule has 3 saturated carbocycles. The van der Waals surface area contributed by atoms with Gasteiger partial charge < -0.3 is 9.47 Å². The molecule has 6 rings (SSSR count). The van der Waals surface area contributed by atoms with Crippen LogP contribution < -0.4 is 9.47 Å². The molecule has 0 aromatic heterocycles. The Kier molecular flexibility index (Phi) is 12.9. The molecule has 0 radical (unpaired) electrons. The molecule has 59 heavy (non-hydrogen) atoms. The van der Waals surface area contributed by atoms with Gasteiger partial charge in [0.2, 0.25) is 0 Å². The van der Waals surface area contributed by atoms with Crippen LogP contribution in [0.4, 0.5) is 0 Å². The third-order valence-electron chi connectivity index (χ3n) is 14.8. The highest BCUT2D eigenvalue weighted by atomic mass is 16.5. The van der Waals surface area contributed by atoms with Crippen molar-refractivity contribution in [1.82, 2.24) is 0 Å². The van der Waals surface area contributed by atoms with Crippen LogP contribution in [-0.2, 0) is 24.0 Å². The summed E-state index contributed by atoms with van der Waals surface area (Å²) in [6.07, 6.45) is 12.7. The summed E-state index contributed by atoms with van der Waals surface area (Å²) in [5.41, 5.74) is 1.92. The minimum absolute atomic E-state index is 0.0200. The first kappa shape index (κ1) is 44.4. The van der Waals surface area contributed by atoms with Crippen LogP contribution in [0.5, 0.6) is 11.5 Å². The molecule has 0 spiro atoms. The van der Waals surface area contributed by atoms with Gasteiger partial charge in [-0.3, -0.25) is 24.0 Å². The summed E-state index contributed by atoms with van der Waals surface area (Å²) in [5, 5.41) is 1.86. The van der Waals surface area contributed by atoms with Crippen molar-refractivity contribution >= 4 is 45.3 Å². The van der Waals surface area contributed by atoms with Crippen molar-refractivity contribution in [3.63, 3.8) is 0 Å². The first-order valence-electron chi connectivity index (χ1n) is 22.1. The second-order valence-electron chi connectivity index (χ2n) is 20.5. The molecule has 6 atom stereocenters. The third-order valence-corrected chi connectivity index (χ3v) is 14.8. The summed E-state index contributed by atoms with van der Waals surface area (Å²) in [7, 11) is 1.66. The summed E-state index contributed by atoms with van der Waals surface area (Å²) in [6, 6.07) is 8.15. The number of carbonyl (C=O) groups excluding carboxylic acids is 5. The highest BCUT2D eigenvalue weighted by Crippen LogP contribution is 2.60. The van der Waals surface area contributed by atoms with Crippen LogP contribution in [0.25, 0.3) is 16.3 Å². The number of benzene rings is 2. The second kappa shape index (κ2) is 17.1. The summed E-state index contributed by atoms with van der Waals surface area (Å²) in [5.74, 6) is -0.0940. The number of fused-ring (bicyclic) bond motifs is 1. The molecule has 4 aliphatic carbocycles. The molecule has 0 N–H and O–H groups in total. The predicted molar refractivity (Wildman–Crippen MR) is 235 cm³/mol. The zero-order chi connectivity index (χ0) is 43.2. The van der Waals surface area contributed by atoms with Gasteiger partial charge in [-0.2, -0.15) is 0 Å². The molecule has 0 saturated heterocycles. The lowest BCUT2D eigenvalue weighted by Gasteiger charge is -2.36. The quantitative estimate of drug-likeness (QED) is 0.138. The lowest BCUT2D eigenvalue weighted by Crippen LogP contribution is -2.43. The Morgan fingerprint density at radius 3 is 2.29 bits per heavy atom. The number of Topliss-reactive ketones (excluding diaryl/α,β-unsaturated/α-hetero) is 5. The maximum Gasteiger partial charge on any atom is 0.140 e. The van der Waals surface area contributed by atoms with Gasteiger partial charge in [0.15, 0.2) is 0 Å². The number of hydrogen-bond acceptors (Lipinski definition) is 7. The zero-order valence-electron chi connectivity index (χ0n) is 37.4. The van der Waals surface area contributed by atoms with Crippen LogP contribution >= 0.6 is 0 Å². The van der Waals surface area contributed by atoms with Crippen LogP contribution in [0.2, 0.25) is 0 Å². The van der Waals surface area contributed by atoms with Crippen molar-refractivity contribution < 1.29 is 33.4 Å². The molecular formula is C52H68O7. The molecule has 0 amide bonds. The Hall–Kier alpha value is -4.13. The molecular weight excluding hydrogens is 737 g/mol. The van der Waals surface area contributed by atoms with Crippen LogP contribution in [0.15, 0.2) is 54.6 Å². The van der Waals surface area contributed by atoms with E-state index in [1.807, 2.05) is 67.5 Å². The van der Waals surface area contributed by atoms with Crippen LogP contribution in [0.3, 0.4) is 0 Å². The number of allylic oxidation sites excluding steroid dienone is 5. The number of ketones is 5. The number of carbonyl (C=O) groups is 5. The fourth-order valence-corrected chi connectivity index (χ4v) is 10.7. The summed E-state index contributed by atoms with van der Waals surface area (Å²) in [6.45, 7) is 21.5. The average molecular weight is 805 g/mol. The van der Waals surface area contributed by atoms with E-state index in [0.717, 1.165) is 64.5 Å². The van der Waals surface area contributed by atoms with E-state index in [1.165, 1.54) is 0 Å².